The van der Waals surface area contributed by atoms with Gasteiger partial charge in [-0.15, -0.1) is 0 Å². The summed E-state index contributed by atoms with van der Waals surface area (Å²) in [6, 6.07) is 0.394. The van der Waals surface area contributed by atoms with Gasteiger partial charge in [0.05, 0.1) is 0 Å². The van der Waals surface area contributed by atoms with E-state index in [0.717, 1.165) is 11.3 Å². The molecule has 0 saturated carbocycles. The molecule has 0 radical (unpaired) electrons. The Hall–Kier alpha value is -1.09. The highest BCUT2D eigenvalue weighted by Gasteiger charge is 2.41. The SMILES string of the molecule is C=C1C=C(CC2(F)CN(C)C2)C=CN1C(C)C. The van der Waals surface area contributed by atoms with Gasteiger partial charge in [-0.3, -0.25) is 4.90 Å². The summed E-state index contributed by atoms with van der Waals surface area (Å²) >= 11 is 0. The van der Waals surface area contributed by atoms with Crippen molar-refractivity contribution in [3.8, 4) is 0 Å². The van der Waals surface area contributed by atoms with Crippen molar-refractivity contribution < 1.29 is 4.39 Å². The van der Waals surface area contributed by atoms with Crippen LogP contribution in [0.4, 0.5) is 4.39 Å². The quantitative estimate of drug-likeness (QED) is 0.743. The molecule has 0 unspecified atom stereocenters. The summed E-state index contributed by atoms with van der Waals surface area (Å²) in [4.78, 5) is 4.10. The lowest BCUT2D eigenvalue weighted by Crippen LogP contribution is -2.57. The molecule has 2 heterocycles. The summed E-state index contributed by atoms with van der Waals surface area (Å²) < 4.78 is 14.2. The maximum Gasteiger partial charge on any atom is 0.140 e. The molecular weight excluding hydrogens is 215 g/mol. The third-order valence-corrected chi connectivity index (χ3v) is 3.32. The average Bonchev–Trinajstić information content (AvgIpc) is 2.14. The maximum absolute atomic E-state index is 14.2. The van der Waals surface area contributed by atoms with Crippen molar-refractivity contribution in [2.75, 3.05) is 20.1 Å². The van der Waals surface area contributed by atoms with E-state index in [1.807, 2.05) is 30.3 Å². The molecule has 94 valence electrons. The van der Waals surface area contributed by atoms with E-state index in [2.05, 4.69) is 25.3 Å². The highest BCUT2D eigenvalue weighted by molar-refractivity contribution is 5.35. The Labute approximate surface area is 103 Å². The van der Waals surface area contributed by atoms with Gasteiger partial charge in [0.25, 0.3) is 0 Å². The summed E-state index contributed by atoms with van der Waals surface area (Å²) in [5, 5.41) is 0. The molecule has 0 bridgehead atoms. The van der Waals surface area contributed by atoms with Crippen molar-refractivity contribution in [2.45, 2.75) is 32.0 Å². The molecule has 2 rings (SSSR count). The number of halogens is 1. The molecule has 0 aromatic heterocycles. The maximum atomic E-state index is 14.2. The van der Waals surface area contributed by atoms with Gasteiger partial charge >= 0.3 is 0 Å². The van der Waals surface area contributed by atoms with Crippen LogP contribution >= 0.6 is 0 Å². The predicted molar refractivity (Wildman–Crippen MR) is 69.3 cm³/mol. The number of allylic oxidation sites excluding steroid dienone is 3. The molecule has 0 aliphatic carbocycles. The monoisotopic (exact) mass is 236 g/mol. The Morgan fingerprint density at radius 1 is 1.47 bits per heavy atom. The zero-order valence-corrected chi connectivity index (χ0v) is 10.9. The zero-order valence-electron chi connectivity index (χ0n) is 10.9. The molecule has 2 nitrogen and oxygen atoms in total. The summed E-state index contributed by atoms with van der Waals surface area (Å²) in [6.07, 6.45) is 6.51. The van der Waals surface area contributed by atoms with Crippen molar-refractivity contribution in [3.63, 3.8) is 0 Å². The lowest BCUT2D eigenvalue weighted by atomic mass is 9.88. The van der Waals surface area contributed by atoms with E-state index in [1.165, 1.54) is 0 Å². The van der Waals surface area contributed by atoms with Crippen molar-refractivity contribution in [1.29, 1.82) is 0 Å². The Kier molecular flexibility index (Phi) is 3.13. The van der Waals surface area contributed by atoms with Gasteiger partial charge in [-0.2, -0.15) is 0 Å². The van der Waals surface area contributed by atoms with E-state index >= 15 is 0 Å². The number of hydrogen-bond donors (Lipinski definition) is 0. The molecular formula is C14H21FN2. The first-order chi connectivity index (χ1) is 7.89. The van der Waals surface area contributed by atoms with Gasteiger partial charge in [-0.05, 0) is 38.6 Å². The van der Waals surface area contributed by atoms with Gasteiger partial charge in [0.15, 0.2) is 0 Å². The van der Waals surface area contributed by atoms with E-state index in [0.29, 0.717) is 25.6 Å². The summed E-state index contributed by atoms with van der Waals surface area (Å²) in [5.74, 6) is 0. The van der Waals surface area contributed by atoms with Crippen LogP contribution in [0.3, 0.4) is 0 Å². The van der Waals surface area contributed by atoms with Crippen LogP contribution in [0.25, 0.3) is 0 Å². The standard InChI is InChI=1S/C14H21FN2/c1-11(2)17-6-5-13(7-12(17)3)8-14(15)9-16(4)10-14/h5-7,11H,3,8-10H2,1-2,4H3. The molecule has 0 spiro atoms. The fourth-order valence-electron chi connectivity index (χ4n) is 2.62. The van der Waals surface area contributed by atoms with Gasteiger partial charge in [0.2, 0.25) is 0 Å². The minimum Gasteiger partial charge on any atom is -0.346 e. The molecule has 0 N–H and O–H groups in total. The second-order valence-electron chi connectivity index (χ2n) is 5.53. The highest BCUT2D eigenvalue weighted by atomic mass is 19.1. The van der Waals surface area contributed by atoms with Crippen molar-refractivity contribution in [3.05, 3.63) is 36.2 Å². The van der Waals surface area contributed by atoms with Crippen molar-refractivity contribution in [2.24, 2.45) is 0 Å². The number of hydrogen-bond acceptors (Lipinski definition) is 2. The Morgan fingerprint density at radius 2 is 2.12 bits per heavy atom. The molecule has 3 heteroatoms. The molecule has 0 aromatic rings. The van der Waals surface area contributed by atoms with E-state index in [-0.39, 0.29) is 0 Å². The van der Waals surface area contributed by atoms with Crippen LogP contribution < -0.4 is 0 Å². The molecule has 1 fully saturated rings. The molecule has 17 heavy (non-hydrogen) atoms. The smallest absolute Gasteiger partial charge is 0.140 e. The molecule has 0 atom stereocenters. The van der Waals surface area contributed by atoms with Gasteiger partial charge in [0.1, 0.15) is 5.67 Å². The zero-order chi connectivity index (χ0) is 12.6. The first-order valence-corrected chi connectivity index (χ1v) is 6.13. The highest BCUT2D eigenvalue weighted by Crippen LogP contribution is 2.33. The number of nitrogens with zero attached hydrogens (tertiary/aromatic N) is 2. The lowest BCUT2D eigenvalue weighted by molar-refractivity contribution is -0.0138. The second-order valence-corrected chi connectivity index (χ2v) is 5.53. The summed E-state index contributed by atoms with van der Waals surface area (Å²) in [5.41, 5.74) is 0.960. The largest absolute Gasteiger partial charge is 0.346 e. The van der Waals surface area contributed by atoms with Crippen LogP contribution in [0, 0.1) is 0 Å². The molecule has 0 aromatic carbocycles. The third kappa shape index (κ3) is 2.60. The van der Waals surface area contributed by atoms with Crippen LogP contribution in [0.5, 0.6) is 0 Å². The first-order valence-electron chi connectivity index (χ1n) is 6.13. The van der Waals surface area contributed by atoms with Gasteiger partial charge < -0.3 is 4.90 Å². The second kappa shape index (κ2) is 4.30. The predicted octanol–water partition coefficient (Wildman–Crippen LogP) is 2.71. The Balaban J connectivity index is 1.99. The van der Waals surface area contributed by atoms with Crippen LogP contribution in [0.2, 0.25) is 0 Å². The van der Waals surface area contributed by atoms with E-state index in [1.54, 1.807) is 0 Å². The molecule has 0 amide bonds. The van der Waals surface area contributed by atoms with Crippen LogP contribution in [-0.4, -0.2) is 41.6 Å². The molecule has 2 aliphatic rings. The lowest BCUT2D eigenvalue weighted by Gasteiger charge is -2.43. The Morgan fingerprint density at radius 3 is 2.59 bits per heavy atom. The normalized spacial score (nSPS) is 23.9. The molecule has 1 saturated heterocycles. The third-order valence-electron chi connectivity index (χ3n) is 3.32. The van der Waals surface area contributed by atoms with E-state index in [9.17, 15) is 4.39 Å². The Bertz CT molecular complexity index is 376. The van der Waals surface area contributed by atoms with E-state index < -0.39 is 5.67 Å². The van der Waals surface area contributed by atoms with Crippen molar-refractivity contribution >= 4 is 0 Å². The first kappa shape index (κ1) is 12.4. The number of likely N-dealkylation sites (tertiary alicyclic amines) is 1. The fraction of sp³-hybridized carbons (Fsp3) is 0.571. The van der Waals surface area contributed by atoms with Crippen molar-refractivity contribution in [1.82, 2.24) is 9.80 Å². The van der Waals surface area contributed by atoms with Crippen LogP contribution in [0.1, 0.15) is 20.3 Å². The fourth-order valence-corrected chi connectivity index (χ4v) is 2.62. The topological polar surface area (TPSA) is 6.48 Å². The van der Waals surface area contributed by atoms with Crippen LogP contribution in [0.15, 0.2) is 36.2 Å². The molecule has 2 aliphatic heterocycles. The number of rotatable bonds is 3. The number of alkyl halides is 1. The summed E-state index contributed by atoms with van der Waals surface area (Å²) in [6.45, 7) is 9.34. The minimum absolute atomic E-state index is 0.394. The van der Waals surface area contributed by atoms with Crippen LogP contribution in [-0.2, 0) is 0 Å². The minimum atomic E-state index is -1.04. The van der Waals surface area contributed by atoms with E-state index in [4.69, 9.17) is 0 Å². The van der Waals surface area contributed by atoms with Gasteiger partial charge in [-0.1, -0.05) is 6.58 Å². The average molecular weight is 236 g/mol. The van der Waals surface area contributed by atoms with Gasteiger partial charge in [-0.25, -0.2) is 4.39 Å². The van der Waals surface area contributed by atoms with Gasteiger partial charge in [0, 0.05) is 37.4 Å². The summed E-state index contributed by atoms with van der Waals surface area (Å²) in [7, 11) is 1.95.